The number of piperidine rings is 1. The molecule has 1 N–H and O–H groups in total. The monoisotopic (exact) mass is 262 g/mol. The average Bonchev–Trinajstić information content (AvgIpc) is 2.84. The number of hydrogen-bond acceptors (Lipinski definition) is 4. The van der Waals surface area contributed by atoms with E-state index in [1.807, 2.05) is 18.2 Å². The van der Waals surface area contributed by atoms with E-state index in [1.165, 1.54) is 30.8 Å². The van der Waals surface area contributed by atoms with E-state index < -0.39 is 0 Å². The second kappa shape index (κ2) is 5.67. The van der Waals surface area contributed by atoms with E-state index in [2.05, 4.69) is 15.8 Å². The van der Waals surface area contributed by atoms with Gasteiger partial charge in [0.1, 0.15) is 0 Å². The van der Waals surface area contributed by atoms with Gasteiger partial charge in [-0.1, -0.05) is 18.6 Å². The highest BCUT2D eigenvalue weighted by Crippen LogP contribution is 2.29. The molecule has 1 unspecified atom stereocenters. The third-order valence-electron chi connectivity index (χ3n) is 3.46. The molecule has 2 aromatic rings. The minimum absolute atomic E-state index is 0.637. The van der Waals surface area contributed by atoms with Crippen LogP contribution in [0.5, 0.6) is 5.06 Å². The summed E-state index contributed by atoms with van der Waals surface area (Å²) < 4.78 is 10.3. The van der Waals surface area contributed by atoms with Crippen LogP contribution in [0.2, 0.25) is 0 Å². The molecule has 4 heteroatoms. The van der Waals surface area contributed by atoms with E-state index in [1.54, 1.807) is 0 Å². The van der Waals surface area contributed by atoms with Crippen molar-refractivity contribution in [2.75, 3.05) is 13.2 Å². The van der Waals surface area contributed by atoms with Gasteiger partial charge in [0, 0.05) is 17.6 Å². The van der Waals surface area contributed by atoms with Crippen molar-refractivity contribution in [3.05, 3.63) is 24.3 Å². The lowest BCUT2D eigenvalue weighted by molar-refractivity contribution is 0.276. The van der Waals surface area contributed by atoms with Crippen LogP contribution in [-0.2, 0) is 0 Å². The van der Waals surface area contributed by atoms with Crippen LogP contribution in [0.1, 0.15) is 25.7 Å². The highest BCUT2D eigenvalue weighted by Gasteiger charge is 2.13. The molecule has 3 rings (SSSR count). The Hall–Kier alpha value is -1.13. The molecule has 2 heterocycles. The van der Waals surface area contributed by atoms with Crippen molar-refractivity contribution in [1.82, 2.24) is 9.69 Å². The van der Waals surface area contributed by atoms with Crippen molar-refractivity contribution >= 4 is 22.4 Å². The molecular formula is C14H18N2OS. The number of benzene rings is 1. The molecular weight excluding hydrogens is 244 g/mol. The van der Waals surface area contributed by atoms with E-state index in [-0.39, 0.29) is 0 Å². The van der Waals surface area contributed by atoms with Crippen molar-refractivity contribution < 1.29 is 4.74 Å². The Balaban J connectivity index is 1.56. The Morgan fingerprint density at radius 3 is 3.17 bits per heavy atom. The first kappa shape index (κ1) is 11.9. The van der Waals surface area contributed by atoms with Gasteiger partial charge in [0.25, 0.3) is 0 Å². The summed E-state index contributed by atoms with van der Waals surface area (Å²) in [4.78, 5) is 0. The van der Waals surface area contributed by atoms with E-state index in [9.17, 15) is 0 Å². The lowest BCUT2D eigenvalue weighted by Gasteiger charge is -2.23. The summed E-state index contributed by atoms with van der Waals surface area (Å²) in [7, 11) is 0. The van der Waals surface area contributed by atoms with Crippen LogP contribution in [0.3, 0.4) is 0 Å². The Labute approximate surface area is 111 Å². The molecule has 0 spiro atoms. The third-order valence-corrected chi connectivity index (χ3v) is 4.25. The summed E-state index contributed by atoms with van der Waals surface area (Å²) in [5.41, 5.74) is 1.04. The molecule has 1 aromatic heterocycles. The molecule has 1 saturated heterocycles. The lowest BCUT2D eigenvalue weighted by atomic mass is 10.0. The Morgan fingerprint density at radius 2 is 2.28 bits per heavy atom. The highest BCUT2D eigenvalue weighted by molar-refractivity contribution is 7.09. The van der Waals surface area contributed by atoms with Gasteiger partial charge < -0.3 is 10.1 Å². The molecule has 1 atom stereocenters. The summed E-state index contributed by atoms with van der Waals surface area (Å²) in [5.74, 6) is 0. The molecule has 0 bridgehead atoms. The van der Waals surface area contributed by atoms with E-state index in [0.717, 1.165) is 35.5 Å². The van der Waals surface area contributed by atoms with Gasteiger partial charge >= 0.3 is 0 Å². The van der Waals surface area contributed by atoms with Gasteiger partial charge in [-0.3, -0.25) is 0 Å². The minimum Gasteiger partial charge on any atom is -0.482 e. The Morgan fingerprint density at radius 1 is 1.33 bits per heavy atom. The van der Waals surface area contributed by atoms with E-state index in [0.29, 0.717) is 6.04 Å². The first-order valence-electron chi connectivity index (χ1n) is 6.64. The number of ether oxygens (including phenoxy) is 1. The summed E-state index contributed by atoms with van der Waals surface area (Å²) in [6, 6.07) is 8.79. The topological polar surface area (TPSA) is 34.1 Å². The van der Waals surface area contributed by atoms with Crippen molar-refractivity contribution in [3.8, 4) is 5.06 Å². The van der Waals surface area contributed by atoms with Gasteiger partial charge in [0.05, 0.1) is 17.5 Å². The van der Waals surface area contributed by atoms with Crippen molar-refractivity contribution in [1.29, 1.82) is 0 Å². The summed E-state index contributed by atoms with van der Waals surface area (Å²) in [6.45, 7) is 1.94. The van der Waals surface area contributed by atoms with Gasteiger partial charge in [-0.15, -0.1) is 0 Å². The summed E-state index contributed by atoms with van der Waals surface area (Å²) >= 11 is 1.46. The standard InChI is InChI=1S/C14H18N2OS/c1-2-7-13-12(6-1)14(18-16-13)17-10-8-11-5-3-4-9-15-11/h1-2,6-7,11,15H,3-5,8-10H2. The quantitative estimate of drug-likeness (QED) is 0.918. The van der Waals surface area contributed by atoms with Crippen LogP contribution in [0.4, 0.5) is 0 Å². The van der Waals surface area contributed by atoms with Crippen molar-refractivity contribution in [2.24, 2.45) is 0 Å². The minimum atomic E-state index is 0.637. The fourth-order valence-electron chi connectivity index (χ4n) is 2.43. The largest absolute Gasteiger partial charge is 0.482 e. The van der Waals surface area contributed by atoms with Crippen LogP contribution in [-0.4, -0.2) is 23.6 Å². The first-order chi connectivity index (χ1) is 8.93. The normalized spacial score (nSPS) is 20.1. The predicted octanol–water partition coefficient (Wildman–Crippen LogP) is 3.21. The number of nitrogens with one attached hydrogen (secondary N) is 1. The summed E-state index contributed by atoms with van der Waals surface area (Å²) in [6.07, 6.45) is 5.04. The molecule has 3 nitrogen and oxygen atoms in total. The Kier molecular flexibility index (Phi) is 3.76. The van der Waals surface area contributed by atoms with Crippen LogP contribution < -0.4 is 10.1 Å². The zero-order chi connectivity index (χ0) is 12.2. The molecule has 96 valence electrons. The molecule has 1 aliphatic heterocycles. The highest BCUT2D eigenvalue weighted by atomic mass is 32.1. The van der Waals surface area contributed by atoms with Crippen LogP contribution in [0.15, 0.2) is 24.3 Å². The van der Waals surface area contributed by atoms with Crippen LogP contribution in [0.25, 0.3) is 10.9 Å². The molecule has 0 amide bonds. The number of nitrogens with zero attached hydrogens (tertiary/aromatic N) is 1. The van der Waals surface area contributed by atoms with Gasteiger partial charge in [-0.05, 0) is 37.9 Å². The molecule has 1 aliphatic rings. The molecule has 0 radical (unpaired) electrons. The lowest BCUT2D eigenvalue weighted by Crippen LogP contribution is -2.35. The summed E-state index contributed by atoms with van der Waals surface area (Å²) in [5, 5.41) is 5.64. The molecule has 0 saturated carbocycles. The molecule has 18 heavy (non-hydrogen) atoms. The Bertz CT molecular complexity index is 505. The maximum Gasteiger partial charge on any atom is 0.201 e. The second-order valence-electron chi connectivity index (χ2n) is 4.77. The number of fused-ring (bicyclic) bond motifs is 1. The predicted molar refractivity (Wildman–Crippen MR) is 75.4 cm³/mol. The molecule has 0 aliphatic carbocycles. The maximum atomic E-state index is 5.88. The zero-order valence-corrected chi connectivity index (χ0v) is 11.2. The average molecular weight is 262 g/mol. The number of rotatable bonds is 4. The van der Waals surface area contributed by atoms with Gasteiger partial charge in [-0.2, -0.15) is 4.37 Å². The number of aromatic nitrogens is 1. The van der Waals surface area contributed by atoms with Gasteiger partial charge in [0.15, 0.2) is 0 Å². The molecule has 1 fully saturated rings. The maximum absolute atomic E-state index is 5.88. The van der Waals surface area contributed by atoms with E-state index in [4.69, 9.17) is 4.74 Å². The van der Waals surface area contributed by atoms with Crippen molar-refractivity contribution in [2.45, 2.75) is 31.7 Å². The fourth-order valence-corrected chi connectivity index (χ4v) is 3.18. The smallest absolute Gasteiger partial charge is 0.201 e. The van der Waals surface area contributed by atoms with E-state index >= 15 is 0 Å². The third kappa shape index (κ3) is 2.65. The first-order valence-corrected chi connectivity index (χ1v) is 7.41. The van der Waals surface area contributed by atoms with Gasteiger partial charge in [-0.25, -0.2) is 0 Å². The second-order valence-corrected chi connectivity index (χ2v) is 5.51. The van der Waals surface area contributed by atoms with Crippen LogP contribution >= 0.6 is 11.5 Å². The number of hydrogen-bond donors (Lipinski definition) is 1. The fraction of sp³-hybridized carbons (Fsp3) is 0.500. The van der Waals surface area contributed by atoms with Gasteiger partial charge in [0.2, 0.25) is 5.06 Å². The van der Waals surface area contributed by atoms with Crippen molar-refractivity contribution in [3.63, 3.8) is 0 Å². The SMILES string of the molecule is c1ccc2c(OCCC3CCCCN3)snc2c1. The zero-order valence-electron chi connectivity index (χ0n) is 10.4. The van der Waals surface area contributed by atoms with Crippen LogP contribution in [0, 0.1) is 0 Å². The molecule has 1 aromatic carbocycles.